The summed E-state index contributed by atoms with van der Waals surface area (Å²) < 4.78 is 4.97. The van der Waals surface area contributed by atoms with Crippen molar-refractivity contribution in [2.75, 3.05) is 18.5 Å². The minimum Gasteiger partial charge on any atom is -0.462 e. The van der Waals surface area contributed by atoms with Gasteiger partial charge < -0.3 is 15.4 Å². The van der Waals surface area contributed by atoms with Crippen molar-refractivity contribution < 1.29 is 14.3 Å². The lowest BCUT2D eigenvalue weighted by Gasteiger charge is -2.11. The Balaban J connectivity index is 1.89. The first-order valence-electron chi connectivity index (χ1n) is 7.40. The molecule has 2 N–H and O–H groups in total. The van der Waals surface area contributed by atoms with Gasteiger partial charge in [0.05, 0.1) is 17.9 Å². The van der Waals surface area contributed by atoms with Gasteiger partial charge in [0.25, 0.3) is 0 Å². The molecule has 0 saturated carbocycles. The maximum Gasteiger partial charge on any atom is 0.340 e. The number of nitrogens with one attached hydrogen (secondary N) is 2. The monoisotopic (exact) mass is 313 g/mol. The summed E-state index contributed by atoms with van der Waals surface area (Å²) in [6, 6.07) is 10.2. The molecule has 2 rings (SSSR count). The van der Waals surface area contributed by atoms with Gasteiger partial charge in [-0.1, -0.05) is 18.2 Å². The highest BCUT2D eigenvalue weighted by Gasteiger charge is 2.13. The van der Waals surface area contributed by atoms with Crippen molar-refractivity contribution in [1.82, 2.24) is 10.3 Å². The first-order valence-corrected chi connectivity index (χ1v) is 7.40. The number of para-hydroxylation sites is 1. The van der Waals surface area contributed by atoms with E-state index >= 15 is 0 Å². The van der Waals surface area contributed by atoms with Crippen molar-refractivity contribution in [2.24, 2.45) is 0 Å². The highest BCUT2D eigenvalue weighted by Crippen LogP contribution is 2.16. The lowest BCUT2D eigenvalue weighted by atomic mass is 10.2. The van der Waals surface area contributed by atoms with Crippen LogP contribution in [0.3, 0.4) is 0 Å². The number of nitrogens with zero attached hydrogens (tertiary/aromatic N) is 1. The van der Waals surface area contributed by atoms with Gasteiger partial charge in [-0.15, -0.1) is 0 Å². The van der Waals surface area contributed by atoms with Crippen LogP contribution in [0, 0.1) is 0 Å². The van der Waals surface area contributed by atoms with Gasteiger partial charge in [-0.2, -0.15) is 0 Å². The number of hydrogen-bond donors (Lipinski definition) is 2. The van der Waals surface area contributed by atoms with Gasteiger partial charge in [-0.25, -0.2) is 9.59 Å². The zero-order valence-electron chi connectivity index (χ0n) is 12.9. The number of hydrogen-bond acceptors (Lipinski definition) is 4. The summed E-state index contributed by atoms with van der Waals surface area (Å²) in [5.41, 5.74) is 1.79. The molecule has 1 aromatic carbocycles. The third kappa shape index (κ3) is 5.10. The smallest absolute Gasteiger partial charge is 0.340 e. The molecule has 0 bridgehead atoms. The molecule has 0 atom stereocenters. The number of anilines is 1. The second kappa shape index (κ2) is 8.53. The summed E-state index contributed by atoms with van der Waals surface area (Å²) >= 11 is 0. The molecule has 6 heteroatoms. The molecule has 0 saturated heterocycles. The molecule has 0 spiro atoms. The van der Waals surface area contributed by atoms with Gasteiger partial charge in [-0.3, -0.25) is 4.98 Å². The zero-order chi connectivity index (χ0) is 16.5. The minimum atomic E-state index is -0.459. The van der Waals surface area contributed by atoms with E-state index in [4.69, 9.17) is 4.74 Å². The van der Waals surface area contributed by atoms with Crippen molar-refractivity contribution >= 4 is 17.7 Å². The molecule has 23 heavy (non-hydrogen) atoms. The van der Waals surface area contributed by atoms with E-state index < -0.39 is 5.97 Å². The topological polar surface area (TPSA) is 80.3 Å². The highest BCUT2D eigenvalue weighted by molar-refractivity contribution is 6.00. The summed E-state index contributed by atoms with van der Waals surface area (Å²) in [4.78, 5) is 27.8. The molecular weight excluding hydrogens is 294 g/mol. The molecule has 0 aliphatic rings. The number of amides is 2. The minimum absolute atomic E-state index is 0.282. The van der Waals surface area contributed by atoms with Crippen LogP contribution in [0.15, 0.2) is 48.8 Å². The van der Waals surface area contributed by atoms with Crippen LogP contribution in [-0.2, 0) is 11.2 Å². The van der Waals surface area contributed by atoms with Crippen LogP contribution in [0.2, 0.25) is 0 Å². The Morgan fingerprint density at radius 1 is 1.17 bits per heavy atom. The molecular formula is C17H19N3O3. The second-order valence-corrected chi connectivity index (χ2v) is 4.76. The van der Waals surface area contributed by atoms with E-state index in [1.807, 2.05) is 12.1 Å². The van der Waals surface area contributed by atoms with Crippen LogP contribution >= 0.6 is 0 Å². The first-order chi connectivity index (χ1) is 11.2. The maximum atomic E-state index is 11.9. The van der Waals surface area contributed by atoms with E-state index in [0.29, 0.717) is 24.2 Å². The second-order valence-electron chi connectivity index (χ2n) is 4.76. The van der Waals surface area contributed by atoms with Gasteiger partial charge in [0.2, 0.25) is 0 Å². The van der Waals surface area contributed by atoms with Gasteiger partial charge in [-0.05, 0) is 37.1 Å². The number of carbonyl (C=O) groups excluding carboxylic acids is 2. The quantitative estimate of drug-likeness (QED) is 0.803. The number of benzene rings is 1. The fraction of sp³-hybridized carbons (Fsp3) is 0.235. The van der Waals surface area contributed by atoms with Crippen LogP contribution in [0.25, 0.3) is 0 Å². The van der Waals surface area contributed by atoms with E-state index in [0.717, 1.165) is 5.56 Å². The van der Waals surface area contributed by atoms with Crippen LogP contribution in [-0.4, -0.2) is 30.1 Å². The van der Waals surface area contributed by atoms with E-state index in [-0.39, 0.29) is 12.6 Å². The van der Waals surface area contributed by atoms with Gasteiger partial charge in [0.15, 0.2) is 0 Å². The third-order valence-electron chi connectivity index (χ3n) is 3.09. The van der Waals surface area contributed by atoms with Gasteiger partial charge in [0, 0.05) is 18.9 Å². The molecule has 0 unspecified atom stereocenters. The predicted octanol–water partition coefficient (Wildman–Crippen LogP) is 2.62. The molecule has 0 aliphatic carbocycles. The summed E-state index contributed by atoms with van der Waals surface area (Å²) in [6.45, 7) is 2.49. The lowest BCUT2D eigenvalue weighted by molar-refractivity contribution is 0.0527. The molecule has 0 aliphatic heterocycles. The van der Waals surface area contributed by atoms with E-state index in [1.54, 1.807) is 43.6 Å². The molecule has 0 fully saturated rings. The molecule has 1 aromatic heterocycles. The summed E-state index contributed by atoms with van der Waals surface area (Å²) in [7, 11) is 0. The van der Waals surface area contributed by atoms with Crippen molar-refractivity contribution in [3.63, 3.8) is 0 Å². The standard InChI is InChI=1S/C17H19N3O3/c1-2-23-16(21)14-7-3-4-8-15(14)20-17(22)19-11-9-13-6-5-10-18-12-13/h3-8,10,12H,2,9,11H2,1H3,(H2,19,20,22). The Hall–Kier alpha value is -2.89. The molecule has 120 valence electrons. The number of pyridine rings is 1. The fourth-order valence-electron chi connectivity index (χ4n) is 2.01. The number of rotatable bonds is 6. The van der Waals surface area contributed by atoms with E-state index in [2.05, 4.69) is 15.6 Å². The van der Waals surface area contributed by atoms with Crippen molar-refractivity contribution in [2.45, 2.75) is 13.3 Å². The summed E-state index contributed by atoms with van der Waals surface area (Å²) in [6.07, 6.45) is 4.15. The Morgan fingerprint density at radius 2 is 2.00 bits per heavy atom. The third-order valence-corrected chi connectivity index (χ3v) is 3.09. The average molecular weight is 313 g/mol. The van der Waals surface area contributed by atoms with E-state index in [1.165, 1.54) is 0 Å². The normalized spacial score (nSPS) is 9.96. The largest absolute Gasteiger partial charge is 0.462 e. The van der Waals surface area contributed by atoms with Crippen LogP contribution in [0.4, 0.5) is 10.5 Å². The van der Waals surface area contributed by atoms with Crippen LogP contribution < -0.4 is 10.6 Å². The highest BCUT2D eigenvalue weighted by atomic mass is 16.5. The Kier molecular flexibility index (Phi) is 6.11. The van der Waals surface area contributed by atoms with Crippen molar-refractivity contribution in [3.05, 3.63) is 59.9 Å². The van der Waals surface area contributed by atoms with E-state index in [9.17, 15) is 9.59 Å². The Bertz CT molecular complexity index is 659. The molecule has 0 radical (unpaired) electrons. The Morgan fingerprint density at radius 3 is 2.74 bits per heavy atom. The van der Waals surface area contributed by atoms with Crippen molar-refractivity contribution in [1.29, 1.82) is 0 Å². The SMILES string of the molecule is CCOC(=O)c1ccccc1NC(=O)NCCc1cccnc1. The molecule has 6 nitrogen and oxygen atoms in total. The number of ether oxygens (including phenoxy) is 1. The summed E-state index contributed by atoms with van der Waals surface area (Å²) in [5, 5.41) is 5.42. The fourth-order valence-corrected chi connectivity index (χ4v) is 2.01. The number of aromatic nitrogens is 1. The average Bonchev–Trinajstić information content (AvgIpc) is 2.56. The number of urea groups is 1. The zero-order valence-corrected chi connectivity index (χ0v) is 12.9. The van der Waals surface area contributed by atoms with Crippen LogP contribution in [0.5, 0.6) is 0 Å². The molecule has 1 heterocycles. The summed E-state index contributed by atoms with van der Waals surface area (Å²) in [5.74, 6) is -0.459. The number of esters is 1. The van der Waals surface area contributed by atoms with Gasteiger partial charge in [0.1, 0.15) is 0 Å². The Labute approximate surface area is 134 Å². The van der Waals surface area contributed by atoms with Crippen molar-refractivity contribution in [3.8, 4) is 0 Å². The first kappa shape index (κ1) is 16.5. The van der Waals surface area contributed by atoms with Crippen LogP contribution in [0.1, 0.15) is 22.8 Å². The molecule has 2 aromatic rings. The maximum absolute atomic E-state index is 11.9. The number of carbonyl (C=O) groups is 2. The molecule has 2 amide bonds. The predicted molar refractivity (Wildman–Crippen MR) is 87.4 cm³/mol. The lowest BCUT2D eigenvalue weighted by Crippen LogP contribution is -2.31. The van der Waals surface area contributed by atoms with Gasteiger partial charge >= 0.3 is 12.0 Å².